The first kappa shape index (κ1) is 16.6. The molecule has 1 aliphatic heterocycles. The number of anilines is 1. The van der Waals surface area contributed by atoms with E-state index < -0.39 is 0 Å². The third-order valence-corrected chi connectivity index (χ3v) is 4.73. The molecule has 0 saturated heterocycles. The van der Waals surface area contributed by atoms with Gasteiger partial charge in [0.2, 0.25) is 0 Å². The van der Waals surface area contributed by atoms with E-state index in [4.69, 9.17) is 11.6 Å². The van der Waals surface area contributed by atoms with E-state index in [-0.39, 0.29) is 6.03 Å². The Labute approximate surface area is 156 Å². The monoisotopic (exact) mass is 367 g/mol. The number of halogens is 1. The fourth-order valence-electron chi connectivity index (χ4n) is 3.17. The van der Waals surface area contributed by atoms with Crippen LogP contribution in [0.25, 0.3) is 11.3 Å². The molecule has 0 fully saturated rings. The third-order valence-electron chi connectivity index (χ3n) is 4.48. The summed E-state index contributed by atoms with van der Waals surface area (Å²) in [5.41, 5.74) is 3.96. The van der Waals surface area contributed by atoms with Crippen LogP contribution in [0.2, 0.25) is 5.02 Å². The molecule has 0 saturated carbocycles. The molecule has 7 heteroatoms. The first-order valence-electron chi connectivity index (χ1n) is 8.50. The van der Waals surface area contributed by atoms with Gasteiger partial charge in [0, 0.05) is 41.6 Å². The number of hydrogen-bond acceptors (Lipinski definition) is 3. The van der Waals surface area contributed by atoms with Crippen molar-refractivity contribution in [3.05, 3.63) is 64.9 Å². The highest BCUT2D eigenvalue weighted by molar-refractivity contribution is 6.30. The van der Waals surface area contributed by atoms with Gasteiger partial charge in [-0.2, -0.15) is 5.10 Å². The van der Waals surface area contributed by atoms with Crippen molar-refractivity contribution in [2.24, 2.45) is 0 Å². The normalized spacial score (nSPS) is 13.3. The van der Waals surface area contributed by atoms with Gasteiger partial charge < -0.3 is 5.32 Å². The van der Waals surface area contributed by atoms with Gasteiger partial charge in [-0.3, -0.25) is 15.0 Å². The zero-order chi connectivity index (χ0) is 17.9. The van der Waals surface area contributed by atoms with Crippen LogP contribution in [0.4, 0.5) is 10.6 Å². The second-order valence-electron chi connectivity index (χ2n) is 6.18. The Hall–Kier alpha value is -2.86. The number of carbonyl (C=O) groups is 1. The SMILES string of the molecule is O=C(NCc1ccc(Cl)cc1)N1CCCc2c(-c3ccncc3)n[nH]c21. The number of nitrogens with one attached hydrogen (secondary N) is 2. The van der Waals surface area contributed by atoms with Crippen LogP contribution >= 0.6 is 11.6 Å². The van der Waals surface area contributed by atoms with Crippen molar-refractivity contribution in [2.75, 3.05) is 11.4 Å². The number of pyridine rings is 1. The predicted octanol–water partition coefficient (Wildman–Crippen LogP) is 3.79. The van der Waals surface area contributed by atoms with Crippen LogP contribution in [0.15, 0.2) is 48.8 Å². The number of aromatic amines is 1. The number of benzene rings is 1. The predicted molar refractivity (Wildman–Crippen MR) is 101 cm³/mol. The van der Waals surface area contributed by atoms with Crippen molar-refractivity contribution >= 4 is 23.4 Å². The quantitative estimate of drug-likeness (QED) is 0.739. The number of nitrogens with zero attached hydrogens (tertiary/aromatic N) is 3. The van der Waals surface area contributed by atoms with Gasteiger partial charge in [0.1, 0.15) is 5.82 Å². The second-order valence-corrected chi connectivity index (χ2v) is 6.61. The zero-order valence-corrected chi connectivity index (χ0v) is 14.8. The van der Waals surface area contributed by atoms with Gasteiger partial charge in [0.15, 0.2) is 0 Å². The van der Waals surface area contributed by atoms with E-state index in [2.05, 4.69) is 20.5 Å². The van der Waals surface area contributed by atoms with Crippen LogP contribution in [0.5, 0.6) is 0 Å². The molecule has 0 spiro atoms. The first-order chi connectivity index (χ1) is 12.7. The summed E-state index contributed by atoms with van der Waals surface area (Å²) in [6.45, 7) is 1.12. The number of H-pyrrole nitrogens is 1. The highest BCUT2D eigenvalue weighted by atomic mass is 35.5. The molecule has 0 bridgehead atoms. The summed E-state index contributed by atoms with van der Waals surface area (Å²) in [5.74, 6) is 0.775. The molecule has 2 amide bonds. The Balaban J connectivity index is 1.51. The summed E-state index contributed by atoms with van der Waals surface area (Å²) in [7, 11) is 0. The van der Waals surface area contributed by atoms with Crippen molar-refractivity contribution < 1.29 is 4.79 Å². The lowest BCUT2D eigenvalue weighted by atomic mass is 10.0. The number of fused-ring (bicyclic) bond motifs is 1. The van der Waals surface area contributed by atoms with Gasteiger partial charge in [-0.15, -0.1) is 0 Å². The number of rotatable bonds is 3. The maximum absolute atomic E-state index is 12.7. The molecule has 2 N–H and O–H groups in total. The van der Waals surface area contributed by atoms with Gasteiger partial charge in [-0.25, -0.2) is 4.79 Å². The van der Waals surface area contributed by atoms with Crippen molar-refractivity contribution in [2.45, 2.75) is 19.4 Å². The van der Waals surface area contributed by atoms with E-state index in [1.807, 2.05) is 36.4 Å². The van der Waals surface area contributed by atoms with E-state index >= 15 is 0 Å². The molecule has 26 heavy (non-hydrogen) atoms. The molecular formula is C19H18ClN5O. The van der Waals surface area contributed by atoms with Crippen molar-refractivity contribution in [1.82, 2.24) is 20.5 Å². The van der Waals surface area contributed by atoms with Gasteiger partial charge in [0.25, 0.3) is 0 Å². The Morgan fingerprint density at radius 3 is 2.73 bits per heavy atom. The zero-order valence-electron chi connectivity index (χ0n) is 14.1. The lowest BCUT2D eigenvalue weighted by Crippen LogP contribution is -2.42. The molecule has 0 unspecified atom stereocenters. The minimum atomic E-state index is -0.133. The van der Waals surface area contributed by atoms with Gasteiger partial charge >= 0.3 is 6.03 Å². The number of aromatic nitrogens is 3. The molecule has 0 aliphatic carbocycles. The lowest BCUT2D eigenvalue weighted by molar-refractivity contribution is 0.245. The summed E-state index contributed by atoms with van der Waals surface area (Å²) >= 11 is 5.89. The lowest BCUT2D eigenvalue weighted by Gasteiger charge is -2.26. The maximum Gasteiger partial charge on any atom is 0.323 e. The smallest absolute Gasteiger partial charge is 0.323 e. The summed E-state index contributed by atoms with van der Waals surface area (Å²) in [6, 6.07) is 11.2. The van der Waals surface area contributed by atoms with Crippen molar-refractivity contribution in [1.29, 1.82) is 0 Å². The van der Waals surface area contributed by atoms with E-state index in [0.29, 0.717) is 18.1 Å². The van der Waals surface area contributed by atoms with E-state index in [0.717, 1.165) is 41.0 Å². The Kier molecular flexibility index (Phi) is 4.58. The standard InChI is InChI=1S/C19H18ClN5O/c20-15-5-3-13(4-6-15)12-22-19(26)25-11-1-2-16-17(23-24-18(16)25)14-7-9-21-10-8-14/h3-10H,1-2,11-12H2,(H,22,26)(H,23,24). The summed E-state index contributed by atoms with van der Waals surface area (Å²) < 4.78 is 0. The van der Waals surface area contributed by atoms with E-state index in [9.17, 15) is 4.79 Å². The van der Waals surface area contributed by atoms with Gasteiger partial charge in [0.05, 0.1) is 5.69 Å². The summed E-state index contributed by atoms with van der Waals surface area (Å²) in [5, 5.41) is 11.1. The first-order valence-corrected chi connectivity index (χ1v) is 8.87. The maximum atomic E-state index is 12.7. The topological polar surface area (TPSA) is 73.9 Å². The molecular weight excluding hydrogens is 350 g/mol. The highest BCUT2D eigenvalue weighted by Crippen LogP contribution is 2.33. The second kappa shape index (κ2) is 7.17. The van der Waals surface area contributed by atoms with Crippen LogP contribution in [0, 0.1) is 0 Å². The largest absolute Gasteiger partial charge is 0.334 e. The van der Waals surface area contributed by atoms with Crippen LogP contribution in [0.1, 0.15) is 17.5 Å². The van der Waals surface area contributed by atoms with Crippen molar-refractivity contribution in [3.63, 3.8) is 0 Å². The minimum absolute atomic E-state index is 0.133. The molecule has 3 heterocycles. The Bertz CT molecular complexity index is 907. The van der Waals surface area contributed by atoms with Gasteiger partial charge in [-0.05, 0) is 42.7 Å². The Morgan fingerprint density at radius 1 is 1.19 bits per heavy atom. The summed E-state index contributed by atoms with van der Waals surface area (Å²) in [6.07, 6.45) is 5.29. The molecule has 3 aromatic rings. The minimum Gasteiger partial charge on any atom is -0.334 e. The third kappa shape index (κ3) is 3.28. The van der Waals surface area contributed by atoms with Crippen molar-refractivity contribution in [3.8, 4) is 11.3 Å². The number of hydrogen-bond donors (Lipinski definition) is 2. The van der Waals surface area contributed by atoms with Crippen LogP contribution in [0.3, 0.4) is 0 Å². The molecule has 4 rings (SSSR count). The molecule has 1 aromatic carbocycles. The molecule has 0 atom stereocenters. The highest BCUT2D eigenvalue weighted by Gasteiger charge is 2.27. The van der Waals surface area contributed by atoms with Crippen LogP contribution < -0.4 is 10.2 Å². The molecule has 1 aliphatic rings. The average molecular weight is 368 g/mol. The molecule has 6 nitrogen and oxygen atoms in total. The number of carbonyl (C=O) groups excluding carboxylic acids is 1. The van der Waals surface area contributed by atoms with E-state index in [1.165, 1.54) is 0 Å². The van der Waals surface area contributed by atoms with Gasteiger partial charge in [-0.1, -0.05) is 23.7 Å². The molecule has 132 valence electrons. The Morgan fingerprint density at radius 2 is 1.96 bits per heavy atom. The number of amides is 2. The van der Waals surface area contributed by atoms with Crippen LogP contribution in [-0.4, -0.2) is 27.8 Å². The summed E-state index contributed by atoms with van der Waals surface area (Å²) in [4.78, 5) is 18.5. The van der Waals surface area contributed by atoms with Crippen LogP contribution in [-0.2, 0) is 13.0 Å². The fourth-order valence-corrected chi connectivity index (χ4v) is 3.29. The average Bonchev–Trinajstić information content (AvgIpc) is 3.12. The number of urea groups is 1. The van der Waals surface area contributed by atoms with E-state index in [1.54, 1.807) is 17.3 Å². The molecule has 2 aromatic heterocycles. The molecule has 0 radical (unpaired) electrons. The fraction of sp³-hybridized carbons (Fsp3) is 0.211.